The van der Waals surface area contributed by atoms with Gasteiger partial charge in [-0.2, -0.15) is 0 Å². The third kappa shape index (κ3) is 5.09. The number of carbonyl (C=O) groups excluding carboxylic acids is 1. The van der Waals surface area contributed by atoms with E-state index in [0.29, 0.717) is 17.2 Å². The summed E-state index contributed by atoms with van der Waals surface area (Å²) in [6.45, 7) is -0.0815. The predicted molar refractivity (Wildman–Crippen MR) is 96.6 cm³/mol. The molecule has 3 rings (SSSR count). The average molecular weight is 356 g/mol. The molecule has 0 bridgehead atoms. The van der Waals surface area contributed by atoms with Gasteiger partial charge in [-0.1, -0.05) is 48.0 Å². The Bertz CT molecular complexity index is 807. The fraction of sp³-hybridized carbons (Fsp3) is 0.158. The van der Waals surface area contributed by atoms with Gasteiger partial charge in [0.2, 0.25) is 0 Å². The molecular weight excluding hydrogens is 338 g/mol. The Morgan fingerprint density at radius 3 is 2.76 bits per heavy atom. The van der Waals surface area contributed by atoms with Gasteiger partial charge in [0.1, 0.15) is 11.6 Å². The molecule has 0 radical (unpaired) electrons. The number of carbonyl (C=O) groups is 1. The van der Waals surface area contributed by atoms with E-state index in [1.165, 1.54) is 0 Å². The maximum absolute atomic E-state index is 12.3. The second-order valence-electron chi connectivity index (χ2n) is 5.52. The zero-order valence-corrected chi connectivity index (χ0v) is 14.2. The van der Waals surface area contributed by atoms with Gasteiger partial charge in [0.25, 0.3) is 5.91 Å². The number of H-pyrrole nitrogens is 1. The van der Waals surface area contributed by atoms with Gasteiger partial charge in [-0.15, -0.1) is 0 Å². The van der Waals surface area contributed by atoms with Gasteiger partial charge in [0.05, 0.1) is 6.04 Å². The maximum atomic E-state index is 12.3. The lowest BCUT2D eigenvalue weighted by atomic mass is 10.0. The summed E-state index contributed by atoms with van der Waals surface area (Å²) in [6.07, 6.45) is 4.03. The Kier molecular flexibility index (Phi) is 5.69. The normalized spacial score (nSPS) is 11.7. The summed E-state index contributed by atoms with van der Waals surface area (Å²) >= 11 is 5.91. The molecule has 0 saturated heterocycles. The zero-order valence-electron chi connectivity index (χ0n) is 13.5. The minimum Gasteiger partial charge on any atom is -0.484 e. The van der Waals surface area contributed by atoms with E-state index in [0.717, 1.165) is 11.4 Å². The fourth-order valence-corrected chi connectivity index (χ4v) is 2.66. The second kappa shape index (κ2) is 8.35. The van der Waals surface area contributed by atoms with Crippen molar-refractivity contribution in [3.05, 3.63) is 83.4 Å². The van der Waals surface area contributed by atoms with Crippen molar-refractivity contribution in [3.63, 3.8) is 0 Å². The van der Waals surface area contributed by atoms with E-state index in [-0.39, 0.29) is 18.6 Å². The van der Waals surface area contributed by atoms with Crippen molar-refractivity contribution in [1.29, 1.82) is 0 Å². The number of benzene rings is 2. The van der Waals surface area contributed by atoms with Crippen molar-refractivity contribution >= 4 is 17.5 Å². The molecule has 0 aliphatic rings. The molecule has 1 amide bonds. The number of hydrogen-bond acceptors (Lipinski definition) is 3. The van der Waals surface area contributed by atoms with Gasteiger partial charge in [-0.25, -0.2) is 4.98 Å². The molecule has 0 aliphatic heterocycles. The van der Waals surface area contributed by atoms with Gasteiger partial charge < -0.3 is 15.0 Å². The summed E-state index contributed by atoms with van der Waals surface area (Å²) in [6, 6.07) is 16.6. The molecule has 1 aromatic heterocycles. The number of halogens is 1. The molecule has 25 heavy (non-hydrogen) atoms. The summed E-state index contributed by atoms with van der Waals surface area (Å²) in [4.78, 5) is 19.6. The van der Waals surface area contributed by atoms with Crippen LogP contribution in [0.25, 0.3) is 0 Å². The van der Waals surface area contributed by atoms with Crippen LogP contribution in [0, 0.1) is 0 Å². The largest absolute Gasteiger partial charge is 0.484 e. The lowest BCUT2D eigenvalue weighted by molar-refractivity contribution is -0.123. The van der Waals surface area contributed by atoms with Crippen LogP contribution in [-0.2, 0) is 11.2 Å². The van der Waals surface area contributed by atoms with Crippen LogP contribution in [0.3, 0.4) is 0 Å². The first-order valence-electron chi connectivity index (χ1n) is 7.91. The number of hydrogen-bond donors (Lipinski definition) is 2. The molecule has 0 unspecified atom stereocenters. The maximum Gasteiger partial charge on any atom is 0.258 e. The van der Waals surface area contributed by atoms with Crippen molar-refractivity contribution < 1.29 is 9.53 Å². The molecule has 0 saturated carbocycles. The Labute approximate surface area is 151 Å². The number of imidazole rings is 1. The number of ether oxygens (including phenoxy) is 1. The molecule has 1 atom stereocenters. The van der Waals surface area contributed by atoms with Crippen molar-refractivity contribution in [2.24, 2.45) is 0 Å². The van der Waals surface area contributed by atoms with Gasteiger partial charge in [-0.05, 0) is 23.8 Å². The number of rotatable bonds is 7. The molecule has 2 aromatic carbocycles. The highest BCUT2D eigenvalue weighted by Gasteiger charge is 2.16. The van der Waals surface area contributed by atoms with Crippen LogP contribution in [0.1, 0.15) is 17.4 Å². The lowest BCUT2D eigenvalue weighted by Crippen LogP contribution is -2.34. The van der Waals surface area contributed by atoms with E-state index in [1.54, 1.807) is 36.7 Å². The monoisotopic (exact) mass is 355 g/mol. The van der Waals surface area contributed by atoms with E-state index in [2.05, 4.69) is 15.3 Å². The average Bonchev–Trinajstić information content (AvgIpc) is 3.13. The first-order chi connectivity index (χ1) is 12.2. The molecule has 1 heterocycles. The summed E-state index contributed by atoms with van der Waals surface area (Å²) in [7, 11) is 0. The van der Waals surface area contributed by atoms with Gasteiger partial charge >= 0.3 is 0 Å². The standard InChI is InChI=1S/C19H18ClN3O2/c20-15-7-4-8-16(11-15)25-13-19(24)23-17(12-18-21-9-10-22-18)14-5-2-1-3-6-14/h1-11,17H,12-13H2,(H,21,22)(H,23,24)/t17-/m0/s1. The second-order valence-corrected chi connectivity index (χ2v) is 5.95. The van der Waals surface area contributed by atoms with Crippen LogP contribution >= 0.6 is 11.6 Å². The smallest absolute Gasteiger partial charge is 0.258 e. The number of aromatic amines is 1. The molecule has 3 aromatic rings. The first kappa shape index (κ1) is 17.0. The topological polar surface area (TPSA) is 67.0 Å². The summed E-state index contributed by atoms with van der Waals surface area (Å²) in [5.74, 6) is 1.16. The molecule has 0 fully saturated rings. The number of nitrogens with one attached hydrogen (secondary N) is 2. The highest BCUT2D eigenvalue weighted by molar-refractivity contribution is 6.30. The van der Waals surface area contributed by atoms with Crippen molar-refractivity contribution in [2.75, 3.05) is 6.61 Å². The van der Waals surface area contributed by atoms with E-state index in [4.69, 9.17) is 16.3 Å². The van der Waals surface area contributed by atoms with Crippen LogP contribution in [0.2, 0.25) is 5.02 Å². The molecule has 2 N–H and O–H groups in total. The van der Waals surface area contributed by atoms with Gasteiger partial charge in [0, 0.05) is 23.8 Å². The lowest BCUT2D eigenvalue weighted by Gasteiger charge is -2.18. The predicted octanol–water partition coefficient (Wildman–Crippen LogP) is 3.54. The zero-order chi connectivity index (χ0) is 17.5. The van der Waals surface area contributed by atoms with Crippen molar-refractivity contribution in [2.45, 2.75) is 12.5 Å². The molecule has 0 aliphatic carbocycles. The molecule has 6 heteroatoms. The van der Waals surface area contributed by atoms with E-state index in [9.17, 15) is 4.79 Å². The van der Waals surface area contributed by atoms with E-state index < -0.39 is 0 Å². The fourth-order valence-electron chi connectivity index (χ4n) is 2.48. The Balaban J connectivity index is 1.64. The Morgan fingerprint density at radius 2 is 2.04 bits per heavy atom. The van der Waals surface area contributed by atoms with Gasteiger partial charge in [0.15, 0.2) is 6.61 Å². The quantitative estimate of drug-likeness (QED) is 0.681. The minimum atomic E-state index is -0.208. The van der Waals surface area contributed by atoms with Crippen molar-refractivity contribution in [3.8, 4) is 5.75 Å². The van der Waals surface area contributed by atoms with Crippen LogP contribution < -0.4 is 10.1 Å². The van der Waals surface area contributed by atoms with Crippen LogP contribution in [0.15, 0.2) is 67.0 Å². The summed E-state index contributed by atoms with van der Waals surface area (Å²) in [5.41, 5.74) is 1.01. The minimum absolute atomic E-state index is 0.0815. The number of aromatic nitrogens is 2. The number of amides is 1. The SMILES string of the molecule is O=C(COc1cccc(Cl)c1)N[C@@H](Cc1ncc[nH]1)c1ccccc1. The summed E-state index contributed by atoms with van der Waals surface area (Å²) < 4.78 is 5.50. The van der Waals surface area contributed by atoms with E-state index in [1.807, 2.05) is 30.3 Å². The van der Waals surface area contributed by atoms with Crippen LogP contribution in [0.4, 0.5) is 0 Å². The van der Waals surface area contributed by atoms with Crippen molar-refractivity contribution in [1.82, 2.24) is 15.3 Å². The summed E-state index contributed by atoms with van der Waals surface area (Å²) in [5, 5.41) is 3.57. The first-order valence-corrected chi connectivity index (χ1v) is 8.29. The van der Waals surface area contributed by atoms with Gasteiger partial charge in [-0.3, -0.25) is 4.79 Å². The highest BCUT2D eigenvalue weighted by atomic mass is 35.5. The third-order valence-electron chi connectivity index (χ3n) is 3.66. The van der Waals surface area contributed by atoms with E-state index >= 15 is 0 Å². The Morgan fingerprint density at radius 1 is 1.20 bits per heavy atom. The molecule has 0 spiro atoms. The number of nitrogens with zero attached hydrogens (tertiary/aromatic N) is 1. The molecule has 5 nitrogen and oxygen atoms in total. The third-order valence-corrected chi connectivity index (χ3v) is 3.89. The van der Waals surface area contributed by atoms with Crippen LogP contribution in [-0.4, -0.2) is 22.5 Å². The molecular formula is C19H18ClN3O2. The highest BCUT2D eigenvalue weighted by Crippen LogP contribution is 2.18. The Hall–Kier alpha value is -2.79. The molecule has 128 valence electrons. The van der Waals surface area contributed by atoms with Crippen LogP contribution in [0.5, 0.6) is 5.75 Å².